The fourth-order valence-corrected chi connectivity index (χ4v) is 2.79. The number of piperidine rings is 1. The minimum Gasteiger partial charge on any atom is -0.317 e. The van der Waals surface area contributed by atoms with E-state index in [1.54, 1.807) is 0 Å². The first-order valence-electron chi connectivity index (χ1n) is 6.77. The quantitative estimate of drug-likeness (QED) is 0.911. The molecule has 0 spiro atoms. The standard InChI is InChI=1S/C15H18ClN3/c1-11-10-15(12-6-8-17-9-7-12)18-19(11)14-4-2-13(16)3-5-14/h2-5,10,12,17H,6-9H2,1H3. The van der Waals surface area contributed by atoms with Gasteiger partial charge < -0.3 is 5.32 Å². The zero-order valence-electron chi connectivity index (χ0n) is 11.1. The van der Waals surface area contributed by atoms with Crippen LogP contribution in [-0.2, 0) is 0 Å². The summed E-state index contributed by atoms with van der Waals surface area (Å²) >= 11 is 5.93. The fourth-order valence-electron chi connectivity index (χ4n) is 2.66. The monoisotopic (exact) mass is 275 g/mol. The van der Waals surface area contributed by atoms with Crippen LogP contribution in [0.25, 0.3) is 5.69 Å². The van der Waals surface area contributed by atoms with Crippen LogP contribution >= 0.6 is 11.6 Å². The highest BCUT2D eigenvalue weighted by atomic mass is 35.5. The smallest absolute Gasteiger partial charge is 0.0663 e. The molecule has 0 saturated carbocycles. The molecule has 1 aromatic heterocycles. The maximum atomic E-state index is 5.93. The summed E-state index contributed by atoms with van der Waals surface area (Å²) in [6.07, 6.45) is 2.36. The number of hydrogen-bond donors (Lipinski definition) is 1. The minimum absolute atomic E-state index is 0.591. The Kier molecular flexibility index (Phi) is 3.58. The van der Waals surface area contributed by atoms with Crippen LogP contribution in [0, 0.1) is 6.92 Å². The third-order valence-corrected chi connectivity index (χ3v) is 3.99. The minimum atomic E-state index is 0.591. The van der Waals surface area contributed by atoms with Crippen LogP contribution in [0.3, 0.4) is 0 Å². The lowest BCUT2D eigenvalue weighted by Crippen LogP contribution is -2.26. The van der Waals surface area contributed by atoms with E-state index in [4.69, 9.17) is 16.7 Å². The fraction of sp³-hybridized carbons (Fsp3) is 0.400. The third kappa shape index (κ3) is 2.67. The second kappa shape index (κ2) is 5.35. The Labute approximate surface area is 118 Å². The Morgan fingerprint density at radius 2 is 1.89 bits per heavy atom. The van der Waals surface area contributed by atoms with Crippen LogP contribution in [0.5, 0.6) is 0 Å². The summed E-state index contributed by atoms with van der Waals surface area (Å²) < 4.78 is 2.01. The van der Waals surface area contributed by atoms with Gasteiger partial charge in [0.25, 0.3) is 0 Å². The molecule has 0 atom stereocenters. The summed E-state index contributed by atoms with van der Waals surface area (Å²) in [5, 5.41) is 8.93. The lowest BCUT2D eigenvalue weighted by Gasteiger charge is -2.20. The number of aromatic nitrogens is 2. The number of rotatable bonds is 2. The lowest BCUT2D eigenvalue weighted by atomic mass is 9.95. The van der Waals surface area contributed by atoms with Gasteiger partial charge >= 0.3 is 0 Å². The van der Waals surface area contributed by atoms with Gasteiger partial charge in [0.2, 0.25) is 0 Å². The Morgan fingerprint density at radius 1 is 1.21 bits per heavy atom. The maximum Gasteiger partial charge on any atom is 0.0663 e. The lowest BCUT2D eigenvalue weighted by molar-refractivity contribution is 0.451. The predicted molar refractivity (Wildman–Crippen MR) is 78.2 cm³/mol. The highest BCUT2D eigenvalue weighted by Gasteiger charge is 2.19. The molecule has 1 saturated heterocycles. The van der Waals surface area contributed by atoms with E-state index in [1.165, 1.54) is 24.2 Å². The van der Waals surface area contributed by atoms with E-state index in [1.807, 2.05) is 28.9 Å². The highest BCUT2D eigenvalue weighted by molar-refractivity contribution is 6.30. The Hall–Kier alpha value is -1.32. The second-order valence-electron chi connectivity index (χ2n) is 5.12. The van der Waals surface area contributed by atoms with Gasteiger partial charge in [-0.1, -0.05) is 11.6 Å². The van der Waals surface area contributed by atoms with Gasteiger partial charge in [-0.2, -0.15) is 5.10 Å². The molecule has 4 heteroatoms. The zero-order chi connectivity index (χ0) is 13.2. The molecular weight excluding hydrogens is 258 g/mol. The molecule has 1 N–H and O–H groups in total. The van der Waals surface area contributed by atoms with Gasteiger partial charge in [-0.3, -0.25) is 0 Å². The molecule has 3 nitrogen and oxygen atoms in total. The Morgan fingerprint density at radius 3 is 2.58 bits per heavy atom. The molecule has 1 fully saturated rings. The summed E-state index contributed by atoms with van der Waals surface area (Å²) in [4.78, 5) is 0. The van der Waals surface area contributed by atoms with E-state index in [2.05, 4.69) is 18.3 Å². The van der Waals surface area contributed by atoms with Crippen molar-refractivity contribution in [1.29, 1.82) is 0 Å². The molecule has 100 valence electrons. The van der Waals surface area contributed by atoms with E-state index in [-0.39, 0.29) is 0 Å². The second-order valence-corrected chi connectivity index (χ2v) is 5.56. The molecule has 0 aliphatic carbocycles. The summed E-state index contributed by atoms with van der Waals surface area (Å²) in [7, 11) is 0. The summed E-state index contributed by atoms with van der Waals surface area (Å²) in [6.45, 7) is 4.29. The molecule has 19 heavy (non-hydrogen) atoms. The number of halogens is 1. The van der Waals surface area contributed by atoms with Crippen LogP contribution in [0.1, 0.15) is 30.1 Å². The van der Waals surface area contributed by atoms with Gasteiger partial charge in [0.1, 0.15) is 0 Å². The van der Waals surface area contributed by atoms with Gasteiger partial charge in [0.05, 0.1) is 11.4 Å². The molecule has 1 aliphatic heterocycles. The number of nitrogens with one attached hydrogen (secondary N) is 1. The van der Waals surface area contributed by atoms with E-state index in [0.29, 0.717) is 5.92 Å². The van der Waals surface area contributed by atoms with E-state index in [9.17, 15) is 0 Å². The van der Waals surface area contributed by atoms with Crippen molar-refractivity contribution in [2.45, 2.75) is 25.7 Å². The van der Waals surface area contributed by atoms with Crippen molar-refractivity contribution in [2.24, 2.45) is 0 Å². The van der Waals surface area contributed by atoms with Crippen LogP contribution in [0.4, 0.5) is 0 Å². The van der Waals surface area contributed by atoms with Gasteiger partial charge in [0, 0.05) is 16.6 Å². The average molecular weight is 276 g/mol. The predicted octanol–water partition coefficient (Wildman–Crippen LogP) is 3.30. The van der Waals surface area contributed by atoms with Crippen molar-refractivity contribution in [1.82, 2.24) is 15.1 Å². The van der Waals surface area contributed by atoms with Crippen molar-refractivity contribution in [3.63, 3.8) is 0 Å². The largest absolute Gasteiger partial charge is 0.317 e. The molecular formula is C15H18ClN3. The molecule has 1 aliphatic rings. The van der Waals surface area contributed by atoms with Crippen LogP contribution < -0.4 is 5.32 Å². The maximum absolute atomic E-state index is 5.93. The summed E-state index contributed by atoms with van der Waals surface area (Å²) in [5.74, 6) is 0.591. The van der Waals surface area contributed by atoms with Crippen molar-refractivity contribution >= 4 is 11.6 Å². The number of hydrogen-bond acceptors (Lipinski definition) is 2. The van der Waals surface area contributed by atoms with Gasteiger partial charge in [-0.25, -0.2) is 4.68 Å². The third-order valence-electron chi connectivity index (χ3n) is 3.73. The summed E-state index contributed by atoms with van der Waals surface area (Å²) in [6, 6.07) is 10.0. The van der Waals surface area contributed by atoms with Gasteiger partial charge in [-0.05, 0) is 63.2 Å². The van der Waals surface area contributed by atoms with Crippen molar-refractivity contribution < 1.29 is 0 Å². The molecule has 0 radical (unpaired) electrons. The Bertz CT molecular complexity index is 553. The molecule has 2 heterocycles. The first-order chi connectivity index (χ1) is 9.24. The van der Waals surface area contributed by atoms with E-state index < -0.39 is 0 Å². The van der Waals surface area contributed by atoms with E-state index >= 15 is 0 Å². The SMILES string of the molecule is Cc1cc(C2CCNCC2)nn1-c1ccc(Cl)cc1. The first-order valence-corrected chi connectivity index (χ1v) is 7.15. The first kappa shape index (κ1) is 12.7. The molecule has 3 rings (SSSR count). The van der Waals surface area contributed by atoms with Crippen LogP contribution in [0.2, 0.25) is 5.02 Å². The number of nitrogens with zero attached hydrogens (tertiary/aromatic N) is 2. The van der Waals surface area contributed by atoms with Crippen molar-refractivity contribution in [3.05, 3.63) is 46.7 Å². The van der Waals surface area contributed by atoms with Crippen molar-refractivity contribution in [3.8, 4) is 5.69 Å². The Balaban J connectivity index is 1.90. The topological polar surface area (TPSA) is 29.9 Å². The molecule has 0 bridgehead atoms. The van der Waals surface area contributed by atoms with Crippen LogP contribution in [-0.4, -0.2) is 22.9 Å². The highest BCUT2D eigenvalue weighted by Crippen LogP contribution is 2.26. The zero-order valence-corrected chi connectivity index (χ0v) is 11.8. The average Bonchev–Trinajstić information content (AvgIpc) is 2.83. The molecule has 0 unspecified atom stereocenters. The van der Waals surface area contributed by atoms with Crippen molar-refractivity contribution in [2.75, 3.05) is 13.1 Å². The normalized spacial score (nSPS) is 16.7. The molecule has 2 aromatic rings. The summed E-state index contributed by atoms with van der Waals surface area (Å²) in [5.41, 5.74) is 3.46. The van der Waals surface area contributed by atoms with Gasteiger partial charge in [-0.15, -0.1) is 0 Å². The van der Waals surface area contributed by atoms with Crippen LogP contribution in [0.15, 0.2) is 30.3 Å². The molecule has 0 amide bonds. The number of aryl methyl sites for hydroxylation is 1. The van der Waals surface area contributed by atoms with Gasteiger partial charge in [0.15, 0.2) is 0 Å². The van der Waals surface area contributed by atoms with E-state index in [0.717, 1.165) is 23.8 Å². The number of benzene rings is 1. The molecule has 1 aromatic carbocycles.